The third kappa shape index (κ3) is 12.4. The minimum atomic E-state index is -1.46. The van der Waals surface area contributed by atoms with Crippen molar-refractivity contribution >= 4 is 35.7 Å². The second-order valence-electron chi connectivity index (χ2n) is 19.1. The van der Waals surface area contributed by atoms with Crippen molar-refractivity contribution in [3.05, 3.63) is 95.6 Å². The van der Waals surface area contributed by atoms with Crippen LogP contribution in [0.4, 0.5) is 4.79 Å². The summed E-state index contributed by atoms with van der Waals surface area (Å²) in [5, 5.41) is 8.47. The van der Waals surface area contributed by atoms with Gasteiger partial charge in [0.15, 0.2) is 0 Å². The molecule has 5 amide bonds. The van der Waals surface area contributed by atoms with E-state index in [1.165, 1.54) is 21.3 Å². The van der Waals surface area contributed by atoms with Crippen molar-refractivity contribution in [1.29, 1.82) is 0 Å². The van der Waals surface area contributed by atoms with Crippen LogP contribution in [0.25, 0.3) is 11.1 Å². The smallest absolute Gasteiger partial charge is 0.408 e. The van der Waals surface area contributed by atoms with Gasteiger partial charge in [-0.3, -0.25) is 19.2 Å². The molecule has 1 heterocycles. The number of nitrogens with zero attached hydrogens (tertiary/aromatic N) is 2. The largest absolute Gasteiger partial charge is 0.467 e. The summed E-state index contributed by atoms with van der Waals surface area (Å²) in [5.74, 6) is -3.51. The molecule has 15 heteroatoms. The van der Waals surface area contributed by atoms with E-state index in [1.54, 1.807) is 37.6 Å². The molecule has 3 aromatic carbocycles. The van der Waals surface area contributed by atoms with Crippen molar-refractivity contribution in [3.63, 3.8) is 0 Å². The zero-order chi connectivity index (χ0) is 49.9. The minimum absolute atomic E-state index is 0.0616. The molecule has 0 aromatic heterocycles. The molecule has 1 aliphatic heterocycles. The van der Waals surface area contributed by atoms with Gasteiger partial charge in [-0.25, -0.2) is 9.59 Å². The normalized spacial score (nSPS) is 17.6. The van der Waals surface area contributed by atoms with E-state index in [-0.39, 0.29) is 49.0 Å². The summed E-state index contributed by atoms with van der Waals surface area (Å²) in [4.78, 5) is 86.0. The van der Waals surface area contributed by atoms with Crippen LogP contribution in [0.15, 0.2) is 78.9 Å². The van der Waals surface area contributed by atoms with Gasteiger partial charge in [-0.2, -0.15) is 0 Å². The molecule has 1 fully saturated rings. The molecular weight excluding hydrogens is 867 g/mol. The monoisotopic (exact) mass is 940 g/mol. The van der Waals surface area contributed by atoms with Crippen LogP contribution >= 0.6 is 0 Å². The van der Waals surface area contributed by atoms with Crippen LogP contribution in [0.1, 0.15) is 96.8 Å². The molecule has 2 aliphatic rings. The van der Waals surface area contributed by atoms with Gasteiger partial charge in [-0.05, 0) is 66.3 Å². The van der Waals surface area contributed by atoms with Crippen molar-refractivity contribution in [2.24, 2.45) is 17.8 Å². The van der Waals surface area contributed by atoms with Gasteiger partial charge in [0.1, 0.15) is 24.2 Å². The third-order valence-corrected chi connectivity index (χ3v) is 13.9. The van der Waals surface area contributed by atoms with E-state index in [4.69, 9.17) is 18.9 Å². The number of benzene rings is 3. The number of fused-ring (bicyclic) bond motifs is 3. The molecule has 0 bridgehead atoms. The van der Waals surface area contributed by atoms with Gasteiger partial charge in [0.25, 0.3) is 0 Å². The van der Waals surface area contributed by atoms with Crippen LogP contribution in [0.3, 0.4) is 0 Å². The van der Waals surface area contributed by atoms with Gasteiger partial charge < -0.3 is 44.7 Å². The molecule has 8 atom stereocenters. The number of amides is 5. The molecule has 1 saturated heterocycles. The molecular formula is C53H73N5O10. The topological polar surface area (TPSA) is 182 Å². The second-order valence-corrected chi connectivity index (χ2v) is 19.1. The molecule has 3 N–H and O–H groups in total. The van der Waals surface area contributed by atoms with Gasteiger partial charge in [-0.15, -0.1) is 0 Å². The van der Waals surface area contributed by atoms with Crippen molar-refractivity contribution in [2.75, 3.05) is 41.5 Å². The summed E-state index contributed by atoms with van der Waals surface area (Å²) >= 11 is 0. The van der Waals surface area contributed by atoms with Crippen LogP contribution in [0.5, 0.6) is 0 Å². The molecule has 0 spiro atoms. The lowest BCUT2D eigenvalue weighted by molar-refractivity contribution is -0.149. The van der Waals surface area contributed by atoms with Crippen LogP contribution in [-0.4, -0.2) is 129 Å². The Morgan fingerprint density at radius 1 is 0.824 bits per heavy atom. The number of hydrogen-bond acceptors (Lipinski definition) is 10. The summed E-state index contributed by atoms with van der Waals surface area (Å²) in [6.45, 7) is 13.0. The summed E-state index contributed by atoms with van der Waals surface area (Å²) in [5.41, 5.74) is 3.73. The quantitative estimate of drug-likeness (QED) is 0.0973. The molecule has 7 unspecified atom stereocenters. The first-order valence-electron chi connectivity index (χ1n) is 23.9. The first-order valence-corrected chi connectivity index (χ1v) is 23.9. The highest BCUT2D eigenvalue weighted by Gasteiger charge is 2.44. The highest BCUT2D eigenvalue weighted by Crippen LogP contribution is 2.44. The Bertz CT molecular complexity index is 2170. The minimum Gasteiger partial charge on any atom is -0.467 e. The lowest BCUT2D eigenvalue weighted by Gasteiger charge is -2.41. The number of nitrogens with one attached hydrogen (secondary N) is 3. The lowest BCUT2D eigenvalue weighted by atomic mass is 9.89. The highest BCUT2D eigenvalue weighted by molar-refractivity contribution is 5.94. The Hall–Kier alpha value is -5.80. The van der Waals surface area contributed by atoms with Gasteiger partial charge >= 0.3 is 12.1 Å². The van der Waals surface area contributed by atoms with Crippen molar-refractivity contribution in [2.45, 2.75) is 128 Å². The van der Waals surface area contributed by atoms with Gasteiger partial charge in [0.2, 0.25) is 23.6 Å². The van der Waals surface area contributed by atoms with Crippen molar-refractivity contribution < 1.29 is 47.7 Å². The second kappa shape index (κ2) is 24.0. The predicted octanol–water partition coefficient (Wildman–Crippen LogP) is 6.27. The first-order chi connectivity index (χ1) is 32.4. The number of likely N-dealkylation sites (tertiary alicyclic amines) is 1. The number of methoxy groups -OCH3 is 3. The predicted molar refractivity (Wildman–Crippen MR) is 259 cm³/mol. The molecule has 3 aromatic rings. The number of carbonyl (C=O) groups is 6. The van der Waals surface area contributed by atoms with Gasteiger partial charge in [-0.1, -0.05) is 120 Å². The Labute approximate surface area is 402 Å². The van der Waals surface area contributed by atoms with E-state index in [1.807, 2.05) is 94.4 Å². The van der Waals surface area contributed by atoms with E-state index >= 15 is 0 Å². The van der Waals surface area contributed by atoms with Crippen LogP contribution in [0, 0.1) is 17.8 Å². The molecule has 68 heavy (non-hydrogen) atoms. The first kappa shape index (κ1) is 53.2. The van der Waals surface area contributed by atoms with E-state index in [9.17, 15) is 28.8 Å². The molecule has 15 nitrogen and oxygen atoms in total. The fraction of sp³-hybridized carbons (Fsp3) is 0.547. The molecule has 0 saturated carbocycles. The average Bonchev–Trinajstić information content (AvgIpc) is 3.94. The average molecular weight is 940 g/mol. The van der Waals surface area contributed by atoms with Crippen LogP contribution < -0.4 is 16.0 Å². The summed E-state index contributed by atoms with van der Waals surface area (Å²) < 4.78 is 22.8. The molecule has 5 rings (SSSR count). The number of hydrogen-bond donors (Lipinski definition) is 3. The van der Waals surface area contributed by atoms with Crippen molar-refractivity contribution in [3.8, 4) is 11.1 Å². The van der Waals surface area contributed by atoms with Crippen LogP contribution in [-0.2, 0) is 49.3 Å². The number of ether oxygens (including phenoxy) is 4. The maximum Gasteiger partial charge on any atom is 0.408 e. The fourth-order valence-corrected chi connectivity index (χ4v) is 9.80. The zero-order valence-corrected chi connectivity index (χ0v) is 41.7. The molecule has 0 radical (unpaired) electrons. The fourth-order valence-electron chi connectivity index (χ4n) is 9.80. The van der Waals surface area contributed by atoms with Gasteiger partial charge in [0.05, 0.1) is 43.7 Å². The summed E-state index contributed by atoms with van der Waals surface area (Å²) in [6, 6.07) is 22.5. The number of carbonyl (C=O) groups excluding carboxylic acids is 6. The lowest BCUT2D eigenvalue weighted by Crippen LogP contribution is -2.62. The highest BCUT2D eigenvalue weighted by atomic mass is 16.5. The Morgan fingerprint density at radius 2 is 1.43 bits per heavy atom. The number of likely N-dealkylation sites (N-methyl/N-ethyl adjacent to an activating group) is 1. The number of rotatable bonds is 22. The van der Waals surface area contributed by atoms with E-state index < -0.39 is 71.7 Å². The third-order valence-electron chi connectivity index (χ3n) is 13.9. The molecule has 370 valence electrons. The van der Waals surface area contributed by atoms with E-state index in [0.717, 1.165) is 27.8 Å². The summed E-state index contributed by atoms with van der Waals surface area (Å²) in [7, 11) is 5.97. The van der Waals surface area contributed by atoms with Crippen molar-refractivity contribution in [1.82, 2.24) is 25.8 Å². The Balaban J connectivity index is 1.23. The van der Waals surface area contributed by atoms with Gasteiger partial charge in [0, 0.05) is 40.2 Å². The Kier molecular flexibility index (Phi) is 18.7. The zero-order valence-electron chi connectivity index (χ0n) is 41.7. The maximum absolute atomic E-state index is 14.6. The summed E-state index contributed by atoms with van der Waals surface area (Å²) in [6.07, 6.45) is -0.0547. The number of alkyl carbamates (subject to hydrolysis) is 1. The standard InChI is InChI=1S/C53H73N5O10/c1-12-33(4)46(43(65-9)30-44(59)58-28-20-27-42(58)47(66-10)34(5)48(60)54-41(50(62)67-11)29-35-21-14-13-15-22-35)57(8)49(61)45(32(2)3)55-51(63)53(6,7)56-52(64)68-31-40-38-25-18-16-23-36(38)37-24-17-19-26-39(37)40/h13-19,21-26,32-34,40-43,45-47H,12,20,27-31H2,1-11H3,(H,54,60)(H,55,63)(H,56,64)/t33?,34?,41?,42-,43?,45?,46?,47?/m0/s1. The number of esters is 1. The molecule has 1 aliphatic carbocycles. The maximum atomic E-state index is 14.6. The van der Waals surface area contributed by atoms with E-state index in [2.05, 4.69) is 28.1 Å². The van der Waals surface area contributed by atoms with Crippen LogP contribution in [0.2, 0.25) is 0 Å². The van der Waals surface area contributed by atoms with E-state index in [0.29, 0.717) is 25.8 Å². The SMILES string of the molecule is CCC(C)C(C(CC(=O)N1CCC[C@H]1C(OC)C(C)C(=O)NC(Cc1ccccc1)C(=O)OC)OC)N(C)C(=O)C(NC(=O)C(C)(C)NC(=O)OCC1c2ccccc2-c2ccccc21)C(C)C. The Morgan fingerprint density at radius 3 is 1.99 bits per heavy atom.